The Hall–Kier alpha value is -2.88. The Kier molecular flexibility index (Phi) is 8.43. The molecule has 4 rings (SSSR count). The molecule has 10 heteroatoms. The first-order valence-electron chi connectivity index (χ1n) is 11.0. The fraction of sp³-hybridized carbons (Fsp3) is 0.280. The van der Waals surface area contributed by atoms with Crippen LogP contribution in [-0.2, 0) is 27.4 Å². The average molecular weight is 518 g/mol. The van der Waals surface area contributed by atoms with Gasteiger partial charge in [-0.15, -0.1) is 0 Å². The van der Waals surface area contributed by atoms with Crippen LogP contribution in [0.3, 0.4) is 0 Å². The highest BCUT2D eigenvalue weighted by Gasteiger charge is 2.32. The molecule has 2 N–H and O–H groups in total. The third-order valence-electron chi connectivity index (χ3n) is 5.51. The number of aliphatic hydroxyl groups excluding tert-OH is 1. The minimum atomic E-state index is -0.657. The van der Waals surface area contributed by atoms with E-state index >= 15 is 0 Å². The van der Waals surface area contributed by atoms with Crippen LogP contribution in [-0.4, -0.2) is 33.5 Å². The predicted octanol–water partition coefficient (Wildman–Crippen LogP) is 5.66. The largest absolute Gasteiger partial charge is 0.445 e. The molecular formula is C25H25Cl2N3O5. The molecule has 0 bridgehead atoms. The van der Waals surface area contributed by atoms with Gasteiger partial charge in [-0.2, -0.15) is 0 Å². The van der Waals surface area contributed by atoms with Gasteiger partial charge < -0.3 is 23.9 Å². The second kappa shape index (κ2) is 11.7. The number of carbonyl (C=O) groups is 1. The molecule has 0 saturated carbocycles. The van der Waals surface area contributed by atoms with Crippen molar-refractivity contribution in [3.63, 3.8) is 0 Å². The van der Waals surface area contributed by atoms with Crippen LogP contribution in [0.1, 0.15) is 35.5 Å². The lowest BCUT2D eigenvalue weighted by Crippen LogP contribution is -2.32. The number of anilines is 1. The van der Waals surface area contributed by atoms with Crippen LogP contribution >= 0.6 is 23.2 Å². The Morgan fingerprint density at radius 2 is 1.89 bits per heavy atom. The van der Waals surface area contributed by atoms with E-state index in [9.17, 15) is 9.90 Å². The van der Waals surface area contributed by atoms with Crippen molar-refractivity contribution < 1.29 is 24.1 Å². The van der Waals surface area contributed by atoms with Crippen LogP contribution in [0.5, 0.6) is 0 Å². The Balaban J connectivity index is 1.52. The van der Waals surface area contributed by atoms with Gasteiger partial charge in [-0.05, 0) is 23.3 Å². The van der Waals surface area contributed by atoms with Gasteiger partial charge in [0.25, 0.3) is 0 Å². The van der Waals surface area contributed by atoms with Crippen molar-refractivity contribution in [3.05, 3.63) is 94.5 Å². The molecule has 8 nitrogen and oxygen atoms in total. The van der Waals surface area contributed by atoms with E-state index in [2.05, 4.69) is 16.9 Å². The molecule has 1 amide bonds. The molecule has 184 valence electrons. The number of halogens is 2. The van der Waals surface area contributed by atoms with E-state index in [1.54, 1.807) is 23.0 Å². The summed E-state index contributed by atoms with van der Waals surface area (Å²) in [6.45, 7) is 4.06. The van der Waals surface area contributed by atoms with E-state index < -0.39 is 12.4 Å². The van der Waals surface area contributed by atoms with Gasteiger partial charge in [-0.25, -0.2) is 9.78 Å². The third-order valence-corrected chi connectivity index (χ3v) is 6.28. The lowest BCUT2D eigenvalue weighted by Gasteiger charge is -2.36. The number of rotatable bonds is 8. The van der Waals surface area contributed by atoms with E-state index in [1.165, 1.54) is 6.08 Å². The van der Waals surface area contributed by atoms with Crippen LogP contribution < -0.4 is 5.32 Å². The normalized spacial score (nSPS) is 19.8. The summed E-state index contributed by atoms with van der Waals surface area (Å²) < 4.78 is 19.3. The van der Waals surface area contributed by atoms with E-state index in [1.807, 2.05) is 36.4 Å². The number of amides is 1. The quantitative estimate of drug-likeness (QED) is 0.374. The number of benzene rings is 2. The number of ether oxygens (including phenoxy) is 3. The summed E-state index contributed by atoms with van der Waals surface area (Å²) in [4.78, 5) is 15.8. The molecule has 35 heavy (non-hydrogen) atoms. The zero-order valence-electron chi connectivity index (χ0n) is 18.8. The highest BCUT2D eigenvalue weighted by Crippen LogP contribution is 2.39. The van der Waals surface area contributed by atoms with Crippen molar-refractivity contribution in [3.8, 4) is 0 Å². The summed E-state index contributed by atoms with van der Waals surface area (Å²) in [7, 11) is 0. The molecule has 2 aromatic carbocycles. The van der Waals surface area contributed by atoms with E-state index in [-0.39, 0.29) is 30.6 Å². The first-order chi connectivity index (χ1) is 17.0. The van der Waals surface area contributed by atoms with Crippen molar-refractivity contribution in [2.45, 2.75) is 38.1 Å². The average Bonchev–Trinajstić information content (AvgIpc) is 3.20. The SMILES string of the molecule is C=CCOC(=O)Nc1ccc(C2OC(Cn3cnc(Cl)c3Cl)CC(c3ccc(CO)cc3)O2)cc1. The maximum Gasteiger partial charge on any atom is 0.411 e. The third kappa shape index (κ3) is 6.42. The van der Waals surface area contributed by atoms with Gasteiger partial charge in [-0.1, -0.05) is 72.3 Å². The fourth-order valence-electron chi connectivity index (χ4n) is 3.73. The summed E-state index contributed by atoms with van der Waals surface area (Å²) in [5.74, 6) is 0. The van der Waals surface area contributed by atoms with E-state index in [0.717, 1.165) is 16.7 Å². The minimum Gasteiger partial charge on any atom is -0.445 e. The standard InChI is InChI=1S/C25H25Cl2N3O5/c1-2-11-33-25(32)29-19-9-7-18(8-10-19)24-34-20(13-30-15-28-22(26)23(30)27)12-21(35-24)17-5-3-16(14-31)4-6-17/h2-10,15,20-21,24,31H,1,11-14H2,(H,29,32). The minimum absolute atomic E-state index is 0.0262. The molecule has 0 spiro atoms. The second-order valence-corrected chi connectivity index (χ2v) is 8.68. The Labute approximate surface area is 213 Å². The summed E-state index contributed by atoms with van der Waals surface area (Å²) >= 11 is 12.3. The van der Waals surface area contributed by atoms with Crippen molar-refractivity contribution in [1.82, 2.24) is 9.55 Å². The summed E-state index contributed by atoms with van der Waals surface area (Å²) in [5, 5.41) is 12.6. The van der Waals surface area contributed by atoms with Gasteiger partial charge in [0.1, 0.15) is 11.8 Å². The van der Waals surface area contributed by atoms with Crippen LogP contribution in [0.2, 0.25) is 10.3 Å². The second-order valence-electron chi connectivity index (χ2n) is 7.96. The first kappa shape index (κ1) is 25.2. The van der Waals surface area contributed by atoms with Crippen LogP contribution in [0.15, 0.2) is 67.5 Å². The summed E-state index contributed by atoms with van der Waals surface area (Å²) in [6, 6.07) is 14.8. The van der Waals surface area contributed by atoms with Gasteiger partial charge in [0.2, 0.25) is 0 Å². The molecular weight excluding hydrogens is 493 g/mol. The summed E-state index contributed by atoms with van der Waals surface area (Å²) in [5.41, 5.74) is 3.15. The van der Waals surface area contributed by atoms with Crippen molar-refractivity contribution in [2.75, 3.05) is 11.9 Å². The van der Waals surface area contributed by atoms with Gasteiger partial charge in [0.05, 0.1) is 31.7 Å². The molecule has 1 aliphatic rings. The van der Waals surface area contributed by atoms with Crippen LogP contribution in [0.4, 0.5) is 10.5 Å². The molecule has 1 fully saturated rings. The zero-order chi connectivity index (χ0) is 24.8. The Bertz CT molecular complexity index is 1150. The highest BCUT2D eigenvalue weighted by atomic mass is 35.5. The first-order valence-corrected chi connectivity index (χ1v) is 11.7. The van der Waals surface area contributed by atoms with Crippen LogP contribution in [0.25, 0.3) is 0 Å². The number of aliphatic hydroxyl groups is 1. The van der Waals surface area contributed by atoms with Crippen molar-refractivity contribution in [1.29, 1.82) is 0 Å². The Morgan fingerprint density at radius 1 is 1.17 bits per heavy atom. The van der Waals surface area contributed by atoms with Crippen LogP contribution in [0, 0.1) is 0 Å². The number of carbonyl (C=O) groups excluding carboxylic acids is 1. The Morgan fingerprint density at radius 3 is 2.51 bits per heavy atom. The molecule has 1 aromatic heterocycles. The molecule has 0 radical (unpaired) electrons. The van der Waals surface area contributed by atoms with Crippen molar-refractivity contribution in [2.24, 2.45) is 0 Å². The fourth-order valence-corrected chi connectivity index (χ4v) is 4.05. The molecule has 3 aromatic rings. The molecule has 1 saturated heterocycles. The number of nitrogens with zero attached hydrogens (tertiary/aromatic N) is 2. The van der Waals surface area contributed by atoms with Crippen molar-refractivity contribution >= 4 is 35.0 Å². The lowest BCUT2D eigenvalue weighted by molar-refractivity contribution is -0.252. The lowest BCUT2D eigenvalue weighted by atomic mass is 10.00. The van der Waals surface area contributed by atoms with Gasteiger partial charge in [-0.3, -0.25) is 5.32 Å². The van der Waals surface area contributed by atoms with Gasteiger partial charge >= 0.3 is 6.09 Å². The zero-order valence-corrected chi connectivity index (χ0v) is 20.3. The van der Waals surface area contributed by atoms with E-state index in [0.29, 0.717) is 23.8 Å². The smallest absolute Gasteiger partial charge is 0.411 e. The number of nitrogens with one attached hydrogen (secondary N) is 1. The molecule has 3 unspecified atom stereocenters. The van der Waals surface area contributed by atoms with Gasteiger partial charge in [0, 0.05) is 17.7 Å². The maximum atomic E-state index is 11.8. The topological polar surface area (TPSA) is 94.8 Å². The predicted molar refractivity (Wildman–Crippen MR) is 132 cm³/mol. The number of imidazole rings is 1. The number of aromatic nitrogens is 2. The molecule has 1 aliphatic heterocycles. The summed E-state index contributed by atoms with van der Waals surface area (Å²) in [6.07, 6.45) is 1.93. The molecule has 2 heterocycles. The highest BCUT2D eigenvalue weighted by molar-refractivity contribution is 6.40. The number of hydrogen-bond acceptors (Lipinski definition) is 6. The molecule has 3 atom stereocenters. The van der Waals surface area contributed by atoms with E-state index in [4.69, 9.17) is 37.4 Å². The maximum absolute atomic E-state index is 11.8. The monoisotopic (exact) mass is 517 g/mol. The molecule has 0 aliphatic carbocycles. The van der Waals surface area contributed by atoms with Gasteiger partial charge in [0.15, 0.2) is 11.4 Å². The number of hydrogen-bond donors (Lipinski definition) is 2.